The minimum absolute atomic E-state index is 0.142. The van der Waals surface area contributed by atoms with E-state index < -0.39 is 49.5 Å². The predicted octanol–water partition coefficient (Wildman–Crippen LogP) is 12.2. The van der Waals surface area contributed by atoms with Crippen LogP contribution in [0.3, 0.4) is 0 Å². The second-order valence-corrected chi connectivity index (χ2v) is 18.7. The summed E-state index contributed by atoms with van der Waals surface area (Å²) in [5.41, 5.74) is 0. The molecule has 7 atom stereocenters. The molecular weight excluding hydrogens is 779 g/mol. The van der Waals surface area contributed by atoms with E-state index in [1.807, 2.05) is 0 Å². The van der Waals surface area contributed by atoms with Crippen LogP contribution >= 0.6 is 0 Å². The third-order valence-electron chi connectivity index (χ3n) is 12.8. The van der Waals surface area contributed by atoms with Crippen LogP contribution in [0.5, 0.6) is 0 Å². The number of carbonyl (C=O) groups is 1. The Kier molecular flexibility index (Phi) is 41.2. The molecule has 0 aromatic carbocycles. The summed E-state index contributed by atoms with van der Waals surface area (Å²) in [6, 6.07) is -0.725. The zero-order valence-electron chi connectivity index (χ0n) is 40.4. The van der Waals surface area contributed by atoms with Gasteiger partial charge in [0.25, 0.3) is 0 Å². The molecule has 0 saturated carbocycles. The molecule has 366 valence electrons. The first-order valence-corrected chi connectivity index (χ1v) is 26.5. The van der Waals surface area contributed by atoms with Crippen LogP contribution in [-0.2, 0) is 14.3 Å². The number of hydrogen-bond donors (Lipinski definition) is 6. The molecule has 1 aliphatic heterocycles. The van der Waals surface area contributed by atoms with E-state index in [0.717, 1.165) is 64.2 Å². The third kappa shape index (κ3) is 33.2. The van der Waals surface area contributed by atoms with E-state index in [-0.39, 0.29) is 12.5 Å². The smallest absolute Gasteiger partial charge is 0.220 e. The van der Waals surface area contributed by atoms with E-state index in [9.17, 15) is 30.3 Å². The summed E-state index contributed by atoms with van der Waals surface area (Å²) in [6.07, 6.45) is 46.2. The normalized spacial score (nSPS) is 20.4. The monoisotopic (exact) mass is 880 g/mol. The van der Waals surface area contributed by atoms with E-state index >= 15 is 0 Å². The molecule has 0 aromatic heterocycles. The molecule has 1 heterocycles. The molecule has 9 heteroatoms. The molecule has 62 heavy (non-hydrogen) atoms. The van der Waals surface area contributed by atoms with Crippen molar-refractivity contribution in [3.63, 3.8) is 0 Å². The molecule has 9 nitrogen and oxygen atoms in total. The number of nitrogens with one attached hydrogen (secondary N) is 1. The second-order valence-electron chi connectivity index (χ2n) is 18.7. The number of amides is 1. The quantitative estimate of drug-likeness (QED) is 0.0262. The summed E-state index contributed by atoms with van der Waals surface area (Å²) in [7, 11) is 0. The van der Waals surface area contributed by atoms with E-state index in [0.29, 0.717) is 12.8 Å². The summed E-state index contributed by atoms with van der Waals surface area (Å²) in [4.78, 5) is 13.0. The first kappa shape index (κ1) is 58.7. The molecule has 1 amide bonds. The molecule has 0 radical (unpaired) electrons. The molecule has 0 spiro atoms. The maximum Gasteiger partial charge on any atom is 0.220 e. The standard InChI is InChI=1S/C53H101NO8/c1-3-5-7-9-11-13-15-17-19-20-21-22-23-24-25-26-27-29-30-32-34-36-38-40-42-47(56)46(45-61-53-52(60)51(59)50(58)48(44-55)62-53)54-49(57)43-41-39-37-35-33-31-28-18-16-14-12-10-8-6-4-2/h12,14,18,28,46-48,50-53,55-56,58-60H,3-11,13,15-17,19-27,29-45H2,1-2H3,(H,54,57)/b14-12-,28-18-. The molecule has 0 bridgehead atoms. The minimum Gasteiger partial charge on any atom is -0.394 e. The van der Waals surface area contributed by atoms with Crippen molar-refractivity contribution in [1.82, 2.24) is 5.32 Å². The fraction of sp³-hybridized carbons (Fsp3) is 0.906. The van der Waals surface area contributed by atoms with Crippen LogP contribution in [0.1, 0.15) is 251 Å². The van der Waals surface area contributed by atoms with Gasteiger partial charge in [-0.3, -0.25) is 4.79 Å². The average Bonchev–Trinajstić information content (AvgIpc) is 3.27. The van der Waals surface area contributed by atoms with Crippen LogP contribution in [0.2, 0.25) is 0 Å². The molecule has 0 aromatic rings. The van der Waals surface area contributed by atoms with E-state index in [4.69, 9.17) is 9.47 Å². The molecular formula is C53H101NO8. The lowest BCUT2D eigenvalue weighted by molar-refractivity contribution is -0.302. The first-order chi connectivity index (χ1) is 30.3. The number of unbranched alkanes of at least 4 members (excludes halogenated alkanes) is 31. The van der Waals surface area contributed by atoms with Gasteiger partial charge in [-0.1, -0.05) is 224 Å². The van der Waals surface area contributed by atoms with Gasteiger partial charge in [-0.25, -0.2) is 0 Å². The van der Waals surface area contributed by atoms with Crippen molar-refractivity contribution in [1.29, 1.82) is 0 Å². The van der Waals surface area contributed by atoms with Crippen LogP contribution in [0.15, 0.2) is 24.3 Å². The number of hydrogen-bond acceptors (Lipinski definition) is 8. The number of aliphatic hydroxyl groups excluding tert-OH is 5. The molecule has 0 aliphatic carbocycles. The maximum absolute atomic E-state index is 13.0. The maximum atomic E-state index is 13.0. The fourth-order valence-corrected chi connectivity index (χ4v) is 8.55. The molecule has 1 saturated heterocycles. The summed E-state index contributed by atoms with van der Waals surface area (Å²) < 4.78 is 11.3. The molecule has 6 N–H and O–H groups in total. The van der Waals surface area contributed by atoms with Gasteiger partial charge in [-0.05, 0) is 44.9 Å². The van der Waals surface area contributed by atoms with Gasteiger partial charge in [-0.15, -0.1) is 0 Å². The van der Waals surface area contributed by atoms with Crippen molar-refractivity contribution in [3.05, 3.63) is 24.3 Å². The summed E-state index contributed by atoms with van der Waals surface area (Å²) in [5.74, 6) is -0.156. The SMILES string of the molecule is CCCCC/C=C\C/C=C\CCCCCCCC(=O)NC(COC1OC(CO)C(O)C(O)C1O)C(O)CCCCCCCCCCCCCCCCCCCCCCCCCC. The lowest BCUT2D eigenvalue weighted by Gasteiger charge is -2.40. The van der Waals surface area contributed by atoms with E-state index in [1.54, 1.807) is 0 Å². The van der Waals surface area contributed by atoms with Crippen molar-refractivity contribution in [2.24, 2.45) is 0 Å². The highest BCUT2D eigenvalue weighted by atomic mass is 16.7. The highest BCUT2D eigenvalue weighted by Gasteiger charge is 2.44. The lowest BCUT2D eigenvalue weighted by atomic mass is 9.99. The zero-order chi connectivity index (χ0) is 45.1. The number of ether oxygens (including phenoxy) is 2. The Hall–Kier alpha value is -1.33. The second kappa shape index (κ2) is 43.6. The zero-order valence-corrected chi connectivity index (χ0v) is 40.4. The van der Waals surface area contributed by atoms with Crippen molar-refractivity contribution in [3.8, 4) is 0 Å². The first-order valence-electron chi connectivity index (χ1n) is 26.5. The number of rotatable bonds is 45. The van der Waals surface area contributed by atoms with Crippen molar-refractivity contribution >= 4 is 5.91 Å². The van der Waals surface area contributed by atoms with Crippen molar-refractivity contribution in [2.75, 3.05) is 13.2 Å². The van der Waals surface area contributed by atoms with Gasteiger partial charge in [0.2, 0.25) is 5.91 Å². The molecule has 1 rings (SSSR count). The number of allylic oxidation sites excluding steroid dienone is 4. The summed E-state index contributed by atoms with van der Waals surface area (Å²) in [5, 5.41) is 54.5. The Morgan fingerprint density at radius 3 is 1.42 bits per heavy atom. The third-order valence-corrected chi connectivity index (χ3v) is 12.8. The van der Waals surface area contributed by atoms with Crippen LogP contribution < -0.4 is 5.32 Å². The Morgan fingerprint density at radius 1 is 0.548 bits per heavy atom. The highest BCUT2D eigenvalue weighted by molar-refractivity contribution is 5.76. The predicted molar refractivity (Wildman–Crippen MR) is 258 cm³/mol. The lowest BCUT2D eigenvalue weighted by Crippen LogP contribution is -2.60. The van der Waals surface area contributed by atoms with Gasteiger partial charge in [0.1, 0.15) is 24.4 Å². The van der Waals surface area contributed by atoms with Gasteiger partial charge >= 0.3 is 0 Å². The number of carbonyl (C=O) groups excluding carboxylic acids is 1. The highest BCUT2D eigenvalue weighted by Crippen LogP contribution is 2.23. The molecule has 1 aliphatic rings. The Labute approximate surface area is 381 Å². The summed E-state index contributed by atoms with van der Waals surface area (Å²) in [6.45, 7) is 3.82. The van der Waals surface area contributed by atoms with Crippen molar-refractivity contribution in [2.45, 2.75) is 294 Å². The van der Waals surface area contributed by atoms with E-state index in [1.165, 1.54) is 161 Å². The average molecular weight is 880 g/mol. The van der Waals surface area contributed by atoms with Crippen LogP contribution in [-0.4, -0.2) is 87.5 Å². The Morgan fingerprint density at radius 2 is 0.952 bits per heavy atom. The van der Waals surface area contributed by atoms with Crippen LogP contribution in [0, 0.1) is 0 Å². The minimum atomic E-state index is -1.55. The van der Waals surface area contributed by atoms with Gasteiger partial charge in [-0.2, -0.15) is 0 Å². The van der Waals surface area contributed by atoms with Gasteiger partial charge in [0.15, 0.2) is 6.29 Å². The van der Waals surface area contributed by atoms with Gasteiger partial charge < -0.3 is 40.3 Å². The van der Waals surface area contributed by atoms with E-state index in [2.05, 4.69) is 43.5 Å². The molecule has 7 unspecified atom stereocenters. The van der Waals surface area contributed by atoms with Crippen LogP contribution in [0.4, 0.5) is 0 Å². The summed E-state index contributed by atoms with van der Waals surface area (Å²) >= 11 is 0. The van der Waals surface area contributed by atoms with Crippen LogP contribution in [0.25, 0.3) is 0 Å². The largest absolute Gasteiger partial charge is 0.394 e. The Bertz CT molecular complexity index is 1020. The van der Waals surface area contributed by atoms with Crippen molar-refractivity contribution < 1.29 is 39.8 Å². The van der Waals surface area contributed by atoms with Gasteiger partial charge in [0, 0.05) is 6.42 Å². The number of aliphatic hydroxyl groups is 5. The molecule has 1 fully saturated rings. The Balaban J connectivity index is 2.23. The fourth-order valence-electron chi connectivity index (χ4n) is 8.55. The topological polar surface area (TPSA) is 149 Å². The van der Waals surface area contributed by atoms with Gasteiger partial charge in [0.05, 0.1) is 25.4 Å².